The van der Waals surface area contributed by atoms with E-state index in [1.54, 1.807) is 12.4 Å². The van der Waals surface area contributed by atoms with Crippen molar-refractivity contribution in [3.63, 3.8) is 0 Å². The van der Waals surface area contributed by atoms with Crippen molar-refractivity contribution in [3.05, 3.63) is 66.8 Å². The van der Waals surface area contributed by atoms with E-state index in [1.807, 2.05) is 24.3 Å². The van der Waals surface area contributed by atoms with Crippen LogP contribution < -0.4 is 4.74 Å². The molecule has 1 aromatic carbocycles. The second-order valence-corrected chi connectivity index (χ2v) is 3.89. The Morgan fingerprint density at radius 3 is 2.29 bits per heavy atom. The monoisotopic (exact) mass is 226 g/mol. The van der Waals surface area contributed by atoms with Crippen molar-refractivity contribution in [1.29, 1.82) is 0 Å². The summed E-state index contributed by atoms with van der Waals surface area (Å²) in [5, 5.41) is 0. The van der Waals surface area contributed by atoms with Gasteiger partial charge in [0.05, 0.1) is 0 Å². The average Bonchev–Trinajstić information content (AvgIpc) is 2.40. The molecule has 17 heavy (non-hydrogen) atoms. The van der Waals surface area contributed by atoms with Gasteiger partial charge in [-0.05, 0) is 48.2 Å². The minimum Gasteiger partial charge on any atom is -0.489 e. The lowest BCUT2D eigenvalue weighted by Crippen LogP contribution is -1.95. The van der Waals surface area contributed by atoms with Crippen LogP contribution in [0.25, 0.3) is 0 Å². The van der Waals surface area contributed by atoms with Gasteiger partial charge in [0.2, 0.25) is 0 Å². The van der Waals surface area contributed by atoms with E-state index in [4.69, 9.17) is 4.74 Å². The van der Waals surface area contributed by atoms with Crippen molar-refractivity contribution < 1.29 is 4.74 Å². The SMILES string of the molecule is [CH2]CCc1ccc(OCc2ccncc2)cc1. The van der Waals surface area contributed by atoms with Crippen LogP contribution in [0.5, 0.6) is 5.75 Å². The molecule has 2 aromatic rings. The molecule has 1 aromatic heterocycles. The van der Waals surface area contributed by atoms with Crippen LogP contribution in [0.4, 0.5) is 0 Å². The van der Waals surface area contributed by atoms with Crippen molar-refractivity contribution in [2.75, 3.05) is 0 Å². The smallest absolute Gasteiger partial charge is 0.119 e. The number of benzene rings is 1. The van der Waals surface area contributed by atoms with E-state index in [0.717, 1.165) is 24.2 Å². The molecule has 0 aliphatic carbocycles. The number of aromatic nitrogens is 1. The van der Waals surface area contributed by atoms with Crippen LogP contribution in [0.1, 0.15) is 17.5 Å². The molecule has 87 valence electrons. The van der Waals surface area contributed by atoms with Crippen LogP contribution in [-0.2, 0) is 13.0 Å². The molecule has 0 fully saturated rings. The molecule has 0 N–H and O–H groups in total. The Balaban J connectivity index is 1.91. The summed E-state index contributed by atoms with van der Waals surface area (Å²) in [6.45, 7) is 4.42. The van der Waals surface area contributed by atoms with Gasteiger partial charge in [0.15, 0.2) is 0 Å². The van der Waals surface area contributed by atoms with Crippen molar-refractivity contribution >= 4 is 0 Å². The summed E-state index contributed by atoms with van der Waals surface area (Å²) >= 11 is 0. The van der Waals surface area contributed by atoms with Crippen molar-refractivity contribution in [2.45, 2.75) is 19.4 Å². The van der Waals surface area contributed by atoms with Crippen LogP contribution >= 0.6 is 0 Å². The summed E-state index contributed by atoms with van der Waals surface area (Å²) in [6.07, 6.45) is 5.49. The molecule has 1 radical (unpaired) electrons. The topological polar surface area (TPSA) is 22.1 Å². The fraction of sp³-hybridized carbons (Fsp3) is 0.200. The molecule has 0 unspecified atom stereocenters. The van der Waals surface area contributed by atoms with E-state index in [-0.39, 0.29) is 0 Å². The molecule has 0 bridgehead atoms. The van der Waals surface area contributed by atoms with Gasteiger partial charge in [-0.3, -0.25) is 4.98 Å². The zero-order valence-electron chi connectivity index (χ0n) is 9.80. The largest absolute Gasteiger partial charge is 0.489 e. The molecule has 0 aliphatic heterocycles. The number of hydrogen-bond acceptors (Lipinski definition) is 2. The number of hydrogen-bond donors (Lipinski definition) is 0. The lowest BCUT2D eigenvalue weighted by Gasteiger charge is -2.06. The highest BCUT2D eigenvalue weighted by molar-refractivity contribution is 5.27. The Morgan fingerprint density at radius 2 is 1.65 bits per heavy atom. The molecule has 2 rings (SSSR count). The average molecular weight is 226 g/mol. The minimum atomic E-state index is 0.581. The summed E-state index contributed by atoms with van der Waals surface area (Å²) in [6, 6.07) is 12.1. The lowest BCUT2D eigenvalue weighted by atomic mass is 10.1. The third kappa shape index (κ3) is 3.59. The lowest BCUT2D eigenvalue weighted by molar-refractivity contribution is 0.306. The van der Waals surface area contributed by atoms with E-state index in [0.29, 0.717) is 6.61 Å². The summed E-state index contributed by atoms with van der Waals surface area (Å²) in [5.41, 5.74) is 2.43. The highest BCUT2D eigenvalue weighted by Crippen LogP contribution is 2.14. The van der Waals surface area contributed by atoms with Gasteiger partial charge in [-0.15, -0.1) is 0 Å². The van der Waals surface area contributed by atoms with E-state index >= 15 is 0 Å². The van der Waals surface area contributed by atoms with Gasteiger partial charge in [0, 0.05) is 12.4 Å². The zero-order chi connectivity index (χ0) is 11.9. The molecule has 1 heterocycles. The highest BCUT2D eigenvalue weighted by Gasteiger charge is 1.96. The van der Waals surface area contributed by atoms with Gasteiger partial charge in [0.25, 0.3) is 0 Å². The Bertz CT molecular complexity index is 436. The van der Waals surface area contributed by atoms with Crippen molar-refractivity contribution in [2.24, 2.45) is 0 Å². The Hall–Kier alpha value is -1.83. The van der Waals surface area contributed by atoms with Gasteiger partial charge in [-0.2, -0.15) is 0 Å². The maximum absolute atomic E-state index is 5.68. The van der Waals surface area contributed by atoms with Gasteiger partial charge >= 0.3 is 0 Å². The fourth-order valence-corrected chi connectivity index (χ4v) is 1.60. The Kier molecular flexibility index (Phi) is 4.14. The van der Waals surface area contributed by atoms with E-state index in [9.17, 15) is 0 Å². The van der Waals surface area contributed by atoms with Gasteiger partial charge in [0.1, 0.15) is 12.4 Å². The summed E-state index contributed by atoms with van der Waals surface area (Å²) < 4.78 is 5.68. The number of pyridine rings is 1. The highest BCUT2D eigenvalue weighted by atomic mass is 16.5. The Morgan fingerprint density at radius 1 is 0.941 bits per heavy atom. The second kappa shape index (κ2) is 6.04. The van der Waals surface area contributed by atoms with Crippen molar-refractivity contribution in [3.8, 4) is 5.75 Å². The van der Waals surface area contributed by atoms with Crippen LogP contribution in [0.3, 0.4) is 0 Å². The first-order chi connectivity index (χ1) is 8.38. The van der Waals surface area contributed by atoms with Gasteiger partial charge in [-0.1, -0.05) is 19.1 Å². The minimum absolute atomic E-state index is 0.581. The molecular weight excluding hydrogens is 210 g/mol. The standard InChI is InChI=1S/C15H16NO/c1-2-3-13-4-6-15(7-5-13)17-12-14-8-10-16-11-9-14/h4-11H,1-3,12H2. The Labute approximate surface area is 102 Å². The van der Waals surface area contributed by atoms with E-state index < -0.39 is 0 Å². The zero-order valence-corrected chi connectivity index (χ0v) is 9.80. The number of rotatable bonds is 5. The summed E-state index contributed by atoms with van der Waals surface area (Å²) in [7, 11) is 0. The van der Waals surface area contributed by atoms with Gasteiger partial charge < -0.3 is 4.74 Å². The van der Waals surface area contributed by atoms with Crippen LogP contribution in [-0.4, -0.2) is 4.98 Å². The van der Waals surface area contributed by atoms with E-state index in [1.165, 1.54) is 5.56 Å². The number of ether oxygens (including phenoxy) is 1. The quantitative estimate of drug-likeness (QED) is 0.779. The third-order valence-corrected chi connectivity index (χ3v) is 2.54. The van der Waals surface area contributed by atoms with Crippen LogP contribution in [0, 0.1) is 6.92 Å². The molecule has 0 spiro atoms. The van der Waals surface area contributed by atoms with Crippen LogP contribution in [0.15, 0.2) is 48.8 Å². The molecule has 0 saturated carbocycles. The maximum atomic E-state index is 5.68. The predicted molar refractivity (Wildman–Crippen MR) is 68.7 cm³/mol. The first-order valence-corrected chi connectivity index (χ1v) is 5.78. The van der Waals surface area contributed by atoms with Crippen molar-refractivity contribution in [1.82, 2.24) is 4.98 Å². The maximum Gasteiger partial charge on any atom is 0.119 e. The first-order valence-electron chi connectivity index (χ1n) is 5.78. The molecule has 2 heteroatoms. The summed E-state index contributed by atoms with van der Waals surface area (Å²) in [4.78, 5) is 3.97. The molecular formula is C15H16NO. The van der Waals surface area contributed by atoms with Crippen LogP contribution in [0.2, 0.25) is 0 Å². The predicted octanol–water partition coefficient (Wildman–Crippen LogP) is 3.43. The third-order valence-electron chi connectivity index (χ3n) is 2.54. The van der Waals surface area contributed by atoms with E-state index in [2.05, 4.69) is 24.0 Å². The number of aryl methyl sites for hydroxylation is 1. The fourth-order valence-electron chi connectivity index (χ4n) is 1.60. The molecule has 0 saturated heterocycles. The number of nitrogens with zero attached hydrogens (tertiary/aromatic N) is 1. The normalized spacial score (nSPS) is 10.2. The molecule has 0 atom stereocenters. The first kappa shape index (κ1) is 11.6. The van der Waals surface area contributed by atoms with Gasteiger partial charge in [-0.25, -0.2) is 0 Å². The molecule has 0 aliphatic rings. The molecule has 0 amide bonds. The second-order valence-electron chi connectivity index (χ2n) is 3.89. The molecule has 2 nitrogen and oxygen atoms in total. The summed E-state index contributed by atoms with van der Waals surface area (Å²) in [5.74, 6) is 0.898.